The standard InChI is InChI=1S/C23H16O5/c1-26-17-9-5-8-16(12-17)23(25)28-18-10-11-19-21(13-18)27-14-20(22(19)24)15-6-3-2-4-7-15/h2-14H,1H3. The monoisotopic (exact) mass is 372 g/mol. The van der Waals surface area contributed by atoms with Crippen LogP contribution < -0.4 is 14.9 Å². The van der Waals surface area contributed by atoms with Crippen LogP contribution in [-0.4, -0.2) is 13.1 Å². The van der Waals surface area contributed by atoms with Crippen LogP contribution in [0.2, 0.25) is 0 Å². The zero-order chi connectivity index (χ0) is 19.5. The molecule has 4 rings (SSSR count). The summed E-state index contributed by atoms with van der Waals surface area (Å²) in [6.07, 6.45) is 1.42. The molecule has 0 atom stereocenters. The molecule has 28 heavy (non-hydrogen) atoms. The van der Waals surface area contributed by atoms with Gasteiger partial charge in [0.15, 0.2) is 5.43 Å². The molecule has 1 heterocycles. The van der Waals surface area contributed by atoms with Crippen molar-refractivity contribution in [3.05, 3.63) is 94.8 Å². The van der Waals surface area contributed by atoms with Gasteiger partial charge in [-0.25, -0.2) is 4.79 Å². The molecule has 4 aromatic rings. The average Bonchev–Trinajstić information content (AvgIpc) is 2.74. The van der Waals surface area contributed by atoms with Crippen molar-refractivity contribution in [3.63, 3.8) is 0 Å². The highest BCUT2D eigenvalue weighted by Crippen LogP contribution is 2.24. The normalized spacial score (nSPS) is 10.6. The fourth-order valence-electron chi connectivity index (χ4n) is 2.91. The molecule has 0 bridgehead atoms. The van der Waals surface area contributed by atoms with E-state index in [-0.39, 0.29) is 11.2 Å². The minimum absolute atomic E-state index is 0.141. The number of carbonyl (C=O) groups is 1. The Hall–Kier alpha value is -3.86. The van der Waals surface area contributed by atoms with E-state index < -0.39 is 5.97 Å². The number of hydrogen-bond donors (Lipinski definition) is 0. The molecule has 0 amide bonds. The molecule has 3 aromatic carbocycles. The Labute approximate surface area is 160 Å². The summed E-state index contributed by atoms with van der Waals surface area (Å²) in [5.41, 5.74) is 1.83. The lowest BCUT2D eigenvalue weighted by molar-refractivity contribution is 0.0734. The Bertz CT molecular complexity index is 1210. The first-order chi connectivity index (χ1) is 13.7. The second-order valence-corrected chi connectivity index (χ2v) is 6.12. The third kappa shape index (κ3) is 3.38. The minimum Gasteiger partial charge on any atom is -0.497 e. The topological polar surface area (TPSA) is 65.7 Å². The number of fused-ring (bicyclic) bond motifs is 1. The highest BCUT2D eigenvalue weighted by Gasteiger charge is 2.13. The van der Waals surface area contributed by atoms with Gasteiger partial charge in [-0.05, 0) is 35.9 Å². The molecule has 0 saturated carbocycles. The van der Waals surface area contributed by atoms with E-state index >= 15 is 0 Å². The van der Waals surface area contributed by atoms with E-state index in [0.29, 0.717) is 27.8 Å². The van der Waals surface area contributed by atoms with Crippen LogP contribution in [-0.2, 0) is 0 Å². The zero-order valence-electron chi connectivity index (χ0n) is 15.0. The highest BCUT2D eigenvalue weighted by molar-refractivity contribution is 5.92. The lowest BCUT2D eigenvalue weighted by Gasteiger charge is -2.07. The molecule has 0 aliphatic carbocycles. The van der Waals surface area contributed by atoms with Gasteiger partial charge in [-0.3, -0.25) is 4.79 Å². The van der Waals surface area contributed by atoms with Gasteiger partial charge in [-0.2, -0.15) is 0 Å². The van der Waals surface area contributed by atoms with Crippen molar-refractivity contribution in [1.29, 1.82) is 0 Å². The molecule has 1 aromatic heterocycles. The molecule has 0 radical (unpaired) electrons. The van der Waals surface area contributed by atoms with Crippen LogP contribution in [0.25, 0.3) is 22.1 Å². The number of ether oxygens (including phenoxy) is 2. The summed E-state index contributed by atoms with van der Waals surface area (Å²) in [6.45, 7) is 0. The van der Waals surface area contributed by atoms with Gasteiger partial charge in [0.2, 0.25) is 0 Å². The lowest BCUT2D eigenvalue weighted by Crippen LogP contribution is -2.09. The predicted molar refractivity (Wildman–Crippen MR) is 106 cm³/mol. The Kier molecular flexibility index (Phi) is 4.64. The Morgan fingerprint density at radius 3 is 2.50 bits per heavy atom. The first-order valence-electron chi connectivity index (χ1n) is 8.63. The van der Waals surface area contributed by atoms with Gasteiger partial charge >= 0.3 is 5.97 Å². The summed E-state index contributed by atoms with van der Waals surface area (Å²) >= 11 is 0. The molecule has 138 valence electrons. The number of esters is 1. The molecular weight excluding hydrogens is 356 g/mol. The number of hydrogen-bond acceptors (Lipinski definition) is 5. The van der Waals surface area contributed by atoms with Crippen molar-refractivity contribution in [2.24, 2.45) is 0 Å². The molecule has 0 spiro atoms. The summed E-state index contributed by atoms with van der Waals surface area (Å²) in [5, 5.41) is 0.419. The van der Waals surface area contributed by atoms with E-state index in [0.717, 1.165) is 5.56 Å². The molecule has 0 N–H and O–H groups in total. The summed E-state index contributed by atoms with van der Waals surface area (Å²) in [7, 11) is 1.53. The second-order valence-electron chi connectivity index (χ2n) is 6.12. The van der Waals surface area contributed by atoms with Crippen LogP contribution in [0, 0.1) is 0 Å². The maximum atomic E-state index is 12.8. The zero-order valence-corrected chi connectivity index (χ0v) is 15.0. The smallest absolute Gasteiger partial charge is 0.343 e. The van der Waals surface area contributed by atoms with Crippen molar-refractivity contribution < 1.29 is 18.7 Å². The third-order valence-electron chi connectivity index (χ3n) is 4.35. The van der Waals surface area contributed by atoms with Crippen LogP contribution in [0.3, 0.4) is 0 Å². The number of benzene rings is 3. The van der Waals surface area contributed by atoms with Gasteiger partial charge in [0.1, 0.15) is 23.3 Å². The van der Waals surface area contributed by atoms with Gasteiger partial charge in [0, 0.05) is 6.07 Å². The average molecular weight is 372 g/mol. The third-order valence-corrected chi connectivity index (χ3v) is 4.35. The number of carbonyl (C=O) groups excluding carboxylic acids is 1. The maximum Gasteiger partial charge on any atom is 0.343 e. The molecule has 0 saturated heterocycles. The number of methoxy groups -OCH3 is 1. The number of rotatable bonds is 4. The Balaban J connectivity index is 1.65. The van der Waals surface area contributed by atoms with Gasteiger partial charge < -0.3 is 13.9 Å². The molecule has 5 nitrogen and oxygen atoms in total. The molecule has 5 heteroatoms. The van der Waals surface area contributed by atoms with Crippen LogP contribution >= 0.6 is 0 Å². The van der Waals surface area contributed by atoms with Crippen LogP contribution in [0.15, 0.2) is 88.3 Å². The summed E-state index contributed by atoms with van der Waals surface area (Å²) in [6, 6.07) is 20.7. The fraction of sp³-hybridized carbons (Fsp3) is 0.0435. The highest BCUT2D eigenvalue weighted by atomic mass is 16.5. The summed E-state index contributed by atoms with van der Waals surface area (Å²) in [4.78, 5) is 25.1. The first kappa shape index (κ1) is 17.5. The molecule has 0 aliphatic heterocycles. The predicted octanol–water partition coefficient (Wildman–Crippen LogP) is 4.69. The van der Waals surface area contributed by atoms with Crippen molar-refractivity contribution in [3.8, 4) is 22.6 Å². The van der Waals surface area contributed by atoms with E-state index in [1.807, 2.05) is 30.3 Å². The molecular formula is C23H16O5. The van der Waals surface area contributed by atoms with Gasteiger partial charge in [0.05, 0.1) is 23.6 Å². The van der Waals surface area contributed by atoms with Crippen molar-refractivity contribution in [1.82, 2.24) is 0 Å². The van der Waals surface area contributed by atoms with Crippen LogP contribution in [0.5, 0.6) is 11.5 Å². The van der Waals surface area contributed by atoms with E-state index in [4.69, 9.17) is 13.9 Å². The first-order valence-corrected chi connectivity index (χ1v) is 8.63. The Morgan fingerprint density at radius 2 is 1.71 bits per heavy atom. The second kappa shape index (κ2) is 7.40. The van der Waals surface area contributed by atoms with Crippen molar-refractivity contribution >= 4 is 16.9 Å². The minimum atomic E-state index is -0.526. The van der Waals surface area contributed by atoms with Crippen LogP contribution in [0.4, 0.5) is 0 Å². The Morgan fingerprint density at radius 1 is 0.893 bits per heavy atom. The van der Waals surface area contributed by atoms with Crippen LogP contribution in [0.1, 0.15) is 10.4 Å². The van der Waals surface area contributed by atoms with Crippen molar-refractivity contribution in [2.75, 3.05) is 7.11 Å². The maximum absolute atomic E-state index is 12.8. The van der Waals surface area contributed by atoms with E-state index in [9.17, 15) is 9.59 Å². The summed E-state index contributed by atoms with van der Waals surface area (Å²) < 4.78 is 16.2. The largest absolute Gasteiger partial charge is 0.497 e. The molecule has 0 aliphatic rings. The van der Waals surface area contributed by atoms with E-state index in [2.05, 4.69) is 0 Å². The van der Waals surface area contributed by atoms with Gasteiger partial charge in [0.25, 0.3) is 0 Å². The van der Waals surface area contributed by atoms with E-state index in [1.165, 1.54) is 19.4 Å². The lowest BCUT2D eigenvalue weighted by atomic mass is 10.1. The van der Waals surface area contributed by atoms with Gasteiger partial charge in [-0.1, -0.05) is 36.4 Å². The SMILES string of the molecule is COc1cccc(C(=O)Oc2ccc3c(=O)c(-c4ccccc4)coc3c2)c1. The molecule has 0 fully saturated rings. The molecule has 0 unspecified atom stereocenters. The summed E-state index contributed by atoms with van der Waals surface area (Å²) in [5.74, 6) is 0.324. The fourth-order valence-corrected chi connectivity index (χ4v) is 2.91. The quantitative estimate of drug-likeness (QED) is 0.384. The van der Waals surface area contributed by atoms with E-state index in [1.54, 1.807) is 36.4 Å². The van der Waals surface area contributed by atoms with Crippen molar-refractivity contribution in [2.45, 2.75) is 0 Å². The van der Waals surface area contributed by atoms with Gasteiger partial charge in [-0.15, -0.1) is 0 Å².